The topological polar surface area (TPSA) is 113 Å². The van der Waals surface area contributed by atoms with Gasteiger partial charge in [0.1, 0.15) is 5.75 Å². The maximum Gasteiger partial charge on any atom is 0.227 e. The second-order valence-corrected chi connectivity index (χ2v) is 6.49. The number of nitrogens with two attached hydrogens (primary N) is 1. The summed E-state index contributed by atoms with van der Waals surface area (Å²) in [6.07, 6.45) is 3.98. The zero-order chi connectivity index (χ0) is 18.0. The Morgan fingerprint density at radius 2 is 1.73 bits per heavy atom. The quantitative estimate of drug-likeness (QED) is 0.688. The molecule has 1 saturated carbocycles. The highest BCUT2D eigenvalue weighted by Gasteiger charge is 2.38. The highest BCUT2D eigenvalue weighted by Crippen LogP contribution is 2.36. The lowest BCUT2D eigenvalue weighted by Crippen LogP contribution is -2.44. The Labute approximate surface area is 150 Å². The van der Waals surface area contributed by atoms with Crippen LogP contribution in [0, 0.1) is 0 Å². The first kappa shape index (κ1) is 16.7. The van der Waals surface area contributed by atoms with E-state index in [-0.39, 0.29) is 0 Å². The smallest absolute Gasteiger partial charge is 0.227 e. The van der Waals surface area contributed by atoms with E-state index in [4.69, 9.17) is 19.5 Å². The minimum absolute atomic E-state index is 0.410. The monoisotopic (exact) mass is 355 g/mol. The fourth-order valence-corrected chi connectivity index (χ4v) is 2.89. The molecule has 0 aliphatic heterocycles. The van der Waals surface area contributed by atoms with E-state index in [1.165, 1.54) is 0 Å². The molecule has 2 heterocycles. The summed E-state index contributed by atoms with van der Waals surface area (Å²) in [5.74, 6) is 3.03. The van der Waals surface area contributed by atoms with Crippen molar-refractivity contribution in [3.63, 3.8) is 0 Å². The minimum atomic E-state index is -0.410. The van der Waals surface area contributed by atoms with Gasteiger partial charge in [-0.2, -0.15) is 9.97 Å². The average molecular weight is 355 g/mol. The van der Waals surface area contributed by atoms with Gasteiger partial charge in [0.15, 0.2) is 5.82 Å². The van der Waals surface area contributed by atoms with Crippen LogP contribution >= 0.6 is 0 Å². The predicted octanol–water partition coefficient (Wildman–Crippen LogP) is 2.64. The molecule has 0 amide bonds. The van der Waals surface area contributed by atoms with Gasteiger partial charge in [-0.15, -0.1) is 0 Å². The lowest BCUT2D eigenvalue weighted by Gasteiger charge is -2.34. The molecule has 1 fully saturated rings. The van der Waals surface area contributed by atoms with Crippen LogP contribution in [0.15, 0.2) is 33.3 Å². The van der Waals surface area contributed by atoms with E-state index in [2.05, 4.69) is 20.3 Å². The van der Waals surface area contributed by atoms with Crippen molar-refractivity contribution in [1.29, 1.82) is 0 Å². The molecule has 8 heteroatoms. The predicted molar refractivity (Wildman–Crippen MR) is 92.3 cm³/mol. The normalized spacial score (nSPS) is 15.6. The standard InChI is InChI=1S/C18H21N5O3/c1-2-24-13-6-4-12(5-7-13)16-20-14(25-22-16)8-9-15-21-17(23-26-15)18(19)10-3-11-18/h4-7H,2-3,8-11,19H2,1H3. The lowest BCUT2D eigenvalue weighted by molar-refractivity contribution is 0.229. The maximum absolute atomic E-state index is 6.21. The first-order chi connectivity index (χ1) is 12.7. The number of nitrogens with zero attached hydrogens (tertiary/aromatic N) is 4. The van der Waals surface area contributed by atoms with Crippen molar-refractivity contribution in [2.45, 2.75) is 44.6 Å². The van der Waals surface area contributed by atoms with Gasteiger partial charge >= 0.3 is 0 Å². The zero-order valence-electron chi connectivity index (χ0n) is 14.6. The molecular weight excluding hydrogens is 334 g/mol. The molecule has 3 aromatic rings. The highest BCUT2D eigenvalue weighted by molar-refractivity contribution is 5.55. The Bertz CT molecular complexity index is 867. The first-order valence-electron chi connectivity index (χ1n) is 8.84. The lowest BCUT2D eigenvalue weighted by atomic mass is 9.77. The fourth-order valence-electron chi connectivity index (χ4n) is 2.89. The SMILES string of the molecule is CCOc1ccc(-c2noc(CCc3nc(C4(N)CCC4)no3)n2)cc1. The first-order valence-corrected chi connectivity index (χ1v) is 8.84. The van der Waals surface area contributed by atoms with Crippen molar-refractivity contribution >= 4 is 0 Å². The van der Waals surface area contributed by atoms with Crippen molar-refractivity contribution in [2.24, 2.45) is 5.73 Å². The van der Waals surface area contributed by atoms with Gasteiger partial charge in [0, 0.05) is 18.4 Å². The molecule has 0 saturated heterocycles. The van der Waals surface area contributed by atoms with E-state index >= 15 is 0 Å². The zero-order valence-corrected chi connectivity index (χ0v) is 14.6. The van der Waals surface area contributed by atoms with E-state index in [1.54, 1.807) is 0 Å². The molecule has 1 aliphatic carbocycles. The van der Waals surface area contributed by atoms with Crippen molar-refractivity contribution in [2.75, 3.05) is 6.61 Å². The van der Waals surface area contributed by atoms with Gasteiger partial charge in [0.25, 0.3) is 0 Å². The van der Waals surface area contributed by atoms with Crippen molar-refractivity contribution in [1.82, 2.24) is 20.3 Å². The van der Waals surface area contributed by atoms with Crippen LogP contribution in [0.5, 0.6) is 5.75 Å². The highest BCUT2D eigenvalue weighted by atomic mass is 16.5. The summed E-state index contributed by atoms with van der Waals surface area (Å²) in [5, 5.41) is 8.04. The van der Waals surface area contributed by atoms with Crippen LogP contribution in [0.1, 0.15) is 43.8 Å². The third kappa shape index (κ3) is 3.32. The molecule has 2 aromatic heterocycles. The van der Waals surface area contributed by atoms with Gasteiger partial charge in [-0.05, 0) is 50.5 Å². The van der Waals surface area contributed by atoms with Crippen LogP contribution in [0.4, 0.5) is 0 Å². The maximum atomic E-state index is 6.21. The summed E-state index contributed by atoms with van der Waals surface area (Å²) in [6, 6.07) is 7.59. The second-order valence-electron chi connectivity index (χ2n) is 6.49. The van der Waals surface area contributed by atoms with E-state index in [1.807, 2.05) is 31.2 Å². The summed E-state index contributed by atoms with van der Waals surface area (Å²) in [5.41, 5.74) is 6.67. The molecule has 1 aromatic carbocycles. The largest absolute Gasteiger partial charge is 0.494 e. The molecule has 0 unspecified atom stereocenters. The molecule has 0 spiro atoms. The third-order valence-electron chi connectivity index (χ3n) is 4.60. The average Bonchev–Trinajstić information content (AvgIpc) is 3.28. The minimum Gasteiger partial charge on any atom is -0.494 e. The number of aryl methyl sites for hydroxylation is 2. The van der Waals surface area contributed by atoms with Gasteiger partial charge in [0.05, 0.1) is 12.1 Å². The number of aromatic nitrogens is 4. The van der Waals surface area contributed by atoms with Gasteiger partial charge in [-0.1, -0.05) is 10.3 Å². The molecular formula is C18H21N5O3. The fraction of sp³-hybridized carbons (Fsp3) is 0.444. The number of ether oxygens (including phenoxy) is 1. The molecule has 0 bridgehead atoms. The Morgan fingerprint density at radius 3 is 2.38 bits per heavy atom. The van der Waals surface area contributed by atoms with Gasteiger partial charge in [0.2, 0.25) is 17.6 Å². The number of rotatable bonds is 7. The summed E-state index contributed by atoms with van der Waals surface area (Å²) >= 11 is 0. The van der Waals surface area contributed by atoms with Crippen LogP contribution < -0.4 is 10.5 Å². The number of benzene rings is 1. The van der Waals surface area contributed by atoms with Gasteiger partial charge in [-0.25, -0.2) is 0 Å². The molecule has 2 N–H and O–H groups in total. The van der Waals surface area contributed by atoms with Crippen LogP contribution in [0.2, 0.25) is 0 Å². The van der Waals surface area contributed by atoms with Gasteiger partial charge < -0.3 is 19.5 Å². The second kappa shape index (κ2) is 6.87. The molecule has 1 aliphatic rings. The van der Waals surface area contributed by atoms with Crippen LogP contribution in [-0.4, -0.2) is 26.9 Å². The van der Waals surface area contributed by atoms with Crippen LogP contribution in [0.3, 0.4) is 0 Å². The van der Waals surface area contributed by atoms with E-state index in [0.717, 1.165) is 30.6 Å². The summed E-state index contributed by atoms with van der Waals surface area (Å²) < 4.78 is 16.0. The van der Waals surface area contributed by atoms with Crippen molar-refractivity contribution in [3.05, 3.63) is 41.9 Å². The van der Waals surface area contributed by atoms with Crippen molar-refractivity contribution in [3.8, 4) is 17.1 Å². The van der Waals surface area contributed by atoms with E-state index in [9.17, 15) is 0 Å². The van der Waals surface area contributed by atoms with Gasteiger partial charge in [-0.3, -0.25) is 0 Å². The summed E-state index contributed by atoms with van der Waals surface area (Å²) in [6.45, 7) is 2.58. The molecule has 26 heavy (non-hydrogen) atoms. The molecule has 0 radical (unpaired) electrons. The Morgan fingerprint density at radius 1 is 1.04 bits per heavy atom. The molecule has 136 valence electrons. The van der Waals surface area contributed by atoms with Crippen LogP contribution in [0.25, 0.3) is 11.4 Å². The molecule has 0 atom stereocenters. The van der Waals surface area contributed by atoms with Crippen LogP contribution in [-0.2, 0) is 18.4 Å². The summed E-state index contributed by atoms with van der Waals surface area (Å²) in [4.78, 5) is 8.83. The molecule has 4 rings (SSSR count). The Hall–Kier alpha value is -2.74. The summed E-state index contributed by atoms with van der Waals surface area (Å²) in [7, 11) is 0. The number of hydrogen-bond donors (Lipinski definition) is 1. The Kier molecular flexibility index (Phi) is 4.42. The Balaban J connectivity index is 1.38. The van der Waals surface area contributed by atoms with Crippen molar-refractivity contribution < 1.29 is 13.8 Å². The number of hydrogen-bond acceptors (Lipinski definition) is 8. The van der Waals surface area contributed by atoms with E-state index < -0.39 is 5.54 Å². The molecule has 8 nitrogen and oxygen atoms in total. The third-order valence-corrected chi connectivity index (χ3v) is 4.60. The van der Waals surface area contributed by atoms with E-state index in [0.29, 0.717) is 42.9 Å².